The van der Waals surface area contributed by atoms with Crippen molar-refractivity contribution in [2.45, 2.75) is 32.4 Å². The van der Waals surface area contributed by atoms with Crippen LogP contribution in [0.5, 0.6) is 0 Å². The van der Waals surface area contributed by atoms with E-state index < -0.39 is 5.91 Å². The number of primary amides is 1. The van der Waals surface area contributed by atoms with Crippen molar-refractivity contribution in [1.29, 1.82) is 0 Å². The summed E-state index contributed by atoms with van der Waals surface area (Å²) in [5, 5.41) is 3.45. The number of nitrogens with zero attached hydrogens (tertiary/aromatic N) is 1. The first-order valence-electron chi connectivity index (χ1n) is 6.56. The average Bonchev–Trinajstić information content (AvgIpc) is 2.73. The molecule has 1 aromatic carbocycles. The molecule has 5 nitrogen and oxygen atoms in total. The smallest absolute Gasteiger partial charge is 0.250 e. The van der Waals surface area contributed by atoms with Crippen LogP contribution in [0.15, 0.2) is 18.2 Å². The molecule has 0 aromatic heterocycles. The third-order valence-electron chi connectivity index (χ3n) is 3.44. The van der Waals surface area contributed by atoms with Crippen molar-refractivity contribution >= 4 is 29.1 Å². The molecule has 1 atom stereocenters. The molecule has 0 saturated carbocycles. The molecule has 0 spiro atoms. The second-order valence-corrected chi connectivity index (χ2v) is 5.58. The maximum atomic E-state index is 12.2. The van der Waals surface area contributed by atoms with E-state index in [9.17, 15) is 9.59 Å². The van der Waals surface area contributed by atoms with Crippen LogP contribution in [0.2, 0.25) is 5.02 Å². The van der Waals surface area contributed by atoms with Gasteiger partial charge in [-0.25, -0.2) is 0 Å². The normalized spacial score (nSPS) is 18.7. The zero-order valence-corrected chi connectivity index (χ0v) is 12.3. The lowest BCUT2D eigenvalue weighted by atomic mass is 10.1. The molecular formula is C14H18ClN3O2. The van der Waals surface area contributed by atoms with Gasteiger partial charge in [-0.3, -0.25) is 9.59 Å². The number of nitrogens with one attached hydrogen (secondary N) is 1. The van der Waals surface area contributed by atoms with Gasteiger partial charge in [0.1, 0.15) is 6.04 Å². The average molecular weight is 296 g/mol. The Balaban J connectivity index is 2.14. The molecule has 0 unspecified atom stereocenters. The van der Waals surface area contributed by atoms with Crippen LogP contribution in [0.1, 0.15) is 30.6 Å². The predicted octanol–water partition coefficient (Wildman–Crippen LogP) is 1.86. The van der Waals surface area contributed by atoms with E-state index >= 15 is 0 Å². The van der Waals surface area contributed by atoms with Crippen molar-refractivity contribution in [2.75, 3.05) is 11.9 Å². The van der Waals surface area contributed by atoms with Crippen LogP contribution >= 0.6 is 11.6 Å². The fraction of sp³-hybridized carbons (Fsp3) is 0.429. The van der Waals surface area contributed by atoms with Gasteiger partial charge in [0.15, 0.2) is 0 Å². The minimum Gasteiger partial charge on any atom is -0.374 e. The first kappa shape index (κ1) is 14.7. The largest absolute Gasteiger partial charge is 0.374 e. The van der Waals surface area contributed by atoms with E-state index in [0.717, 1.165) is 13.0 Å². The second kappa shape index (κ2) is 5.71. The number of rotatable bonds is 4. The molecule has 20 heavy (non-hydrogen) atoms. The summed E-state index contributed by atoms with van der Waals surface area (Å²) >= 11 is 5.90. The Bertz CT molecular complexity index is 545. The van der Waals surface area contributed by atoms with Crippen LogP contribution in [-0.4, -0.2) is 35.3 Å². The van der Waals surface area contributed by atoms with Crippen LogP contribution in [0.3, 0.4) is 0 Å². The van der Waals surface area contributed by atoms with Gasteiger partial charge in [0.25, 0.3) is 0 Å². The Morgan fingerprint density at radius 1 is 1.50 bits per heavy atom. The molecule has 6 heteroatoms. The quantitative estimate of drug-likeness (QED) is 0.890. The molecule has 1 aromatic rings. The second-order valence-electron chi connectivity index (χ2n) is 5.17. The highest BCUT2D eigenvalue weighted by Gasteiger charge is 2.32. The highest BCUT2D eigenvalue weighted by molar-refractivity contribution is 6.33. The highest BCUT2D eigenvalue weighted by atomic mass is 35.5. The fourth-order valence-corrected chi connectivity index (χ4v) is 2.56. The molecule has 1 aliphatic heterocycles. The van der Waals surface area contributed by atoms with E-state index in [4.69, 9.17) is 17.3 Å². The maximum absolute atomic E-state index is 12.2. The van der Waals surface area contributed by atoms with Crippen molar-refractivity contribution in [2.24, 2.45) is 5.73 Å². The Hall–Kier alpha value is -1.75. The molecular weight excluding hydrogens is 278 g/mol. The van der Waals surface area contributed by atoms with Crippen molar-refractivity contribution in [3.63, 3.8) is 0 Å². The number of benzene rings is 1. The van der Waals surface area contributed by atoms with Crippen molar-refractivity contribution in [1.82, 2.24) is 4.90 Å². The Kier molecular flexibility index (Phi) is 4.18. The Morgan fingerprint density at radius 2 is 2.20 bits per heavy atom. The number of carbonyl (C=O) groups is 2. The summed E-state index contributed by atoms with van der Waals surface area (Å²) < 4.78 is 0. The maximum Gasteiger partial charge on any atom is 0.250 e. The highest BCUT2D eigenvalue weighted by Crippen LogP contribution is 2.23. The van der Waals surface area contributed by atoms with Crippen molar-refractivity contribution in [3.8, 4) is 0 Å². The predicted molar refractivity (Wildman–Crippen MR) is 78.8 cm³/mol. The number of likely N-dealkylation sites (tertiary alicyclic amines) is 1. The van der Waals surface area contributed by atoms with Gasteiger partial charge in [0, 0.05) is 18.3 Å². The third-order valence-corrected chi connectivity index (χ3v) is 3.77. The fourth-order valence-electron chi connectivity index (χ4n) is 2.35. The number of halogens is 1. The number of amides is 2. The molecule has 2 amide bonds. The lowest BCUT2D eigenvalue weighted by Gasteiger charge is -2.21. The summed E-state index contributed by atoms with van der Waals surface area (Å²) in [5.41, 5.74) is 6.18. The van der Waals surface area contributed by atoms with Crippen LogP contribution in [-0.2, 0) is 4.79 Å². The van der Waals surface area contributed by atoms with E-state index in [0.29, 0.717) is 10.7 Å². The van der Waals surface area contributed by atoms with E-state index in [1.54, 1.807) is 18.2 Å². The minimum absolute atomic E-state index is 0.0792. The molecule has 3 N–H and O–H groups in total. The van der Waals surface area contributed by atoms with Gasteiger partial charge in [0.2, 0.25) is 11.8 Å². The van der Waals surface area contributed by atoms with E-state index in [1.165, 1.54) is 0 Å². The molecule has 108 valence electrons. The number of hydrogen-bond acceptors (Lipinski definition) is 3. The Labute approximate surface area is 123 Å². The summed E-state index contributed by atoms with van der Waals surface area (Å²) in [6.07, 6.45) is 0.742. The lowest BCUT2D eigenvalue weighted by molar-refractivity contribution is -0.129. The van der Waals surface area contributed by atoms with Gasteiger partial charge >= 0.3 is 0 Å². The van der Waals surface area contributed by atoms with E-state index in [-0.39, 0.29) is 23.6 Å². The zero-order valence-electron chi connectivity index (χ0n) is 11.5. The molecule has 0 radical (unpaired) electrons. The molecule has 0 bridgehead atoms. The van der Waals surface area contributed by atoms with Gasteiger partial charge < -0.3 is 16.0 Å². The first-order valence-corrected chi connectivity index (χ1v) is 6.94. The van der Waals surface area contributed by atoms with Gasteiger partial charge in [-0.15, -0.1) is 0 Å². The number of carbonyl (C=O) groups excluding carboxylic acids is 2. The lowest BCUT2D eigenvalue weighted by Crippen LogP contribution is -2.37. The Morgan fingerprint density at radius 3 is 2.75 bits per heavy atom. The van der Waals surface area contributed by atoms with Crippen molar-refractivity contribution < 1.29 is 9.59 Å². The summed E-state index contributed by atoms with van der Waals surface area (Å²) in [5.74, 6) is -0.504. The van der Waals surface area contributed by atoms with Crippen LogP contribution < -0.4 is 11.1 Å². The van der Waals surface area contributed by atoms with E-state index in [2.05, 4.69) is 5.32 Å². The zero-order chi connectivity index (χ0) is 14.9. The molecule has 2 rings (SSSR count). The number of hydrogen-bond donors (Lipinski definition) is 2. The molecule has 0 aliphatic carbocycles. The van der Waals surface area contributed by atoms with Crippen LogP contribution in [0, 0.1) is 0 Å². The number of nitrogens with two attached hydrogens (primary N) is 1. The van der Waals surface area contributed by atoms with Gasteiger partial charge in [0.05, 0.1) is 10.6 Å². The standard InChI is InChI=1S/C14H18ClN3O2/c1-8(2)18-6-5-12(14(18)20)17-9-3-4-11(15)10(7-9)13(16)19/h3-4,7-8,12,17H,5-6H2,1-2H3,(H2,16,19)/t12-/m0/s1. The van der Waals surface area contributed by atoms with Gasteiger partial charge in [-0.1, -0.05) is 11.6 Å². The molecule has 1 heterocycles. The van der Waals surface area contributed by atoms with Gasteiger partial charge in [-0.05, 0) is 38.5 Å². The SMILES string of the molecule is CC(C)N1CC[C@H](Nc2ccc(Cl)c(C(N)=O)c2)C1=O. The molecule has 1 aliphatic rings. The first-order chi connectivity index (χ1) is 9.40. The summed E-state index contributed by atoms with van der Waals surface area (Å²) in [6.45, 7) is 4.73. The monoisotopic (exact) mass is 295 g/mol. The minimum atomic E-state index is -0.583. The van der Waals surface area contributed by atoms with Crippen LogP contribution in [0.4, 0.5) is 5.69 Å². The van der Waals surface area contributed by atoms with Crippen LogP contribution in [0.25, 0.3) is 0 Å². The third kappa shape index (κ3) is 2.88. The van der Waals surface area contributed by atoms with Crippen molar-refractivity contribution in [3.05, 3.63) is 28.8 Å². The molecule has 1 fully saturated rings. The summed E-state index contributed by atoms with van der Waals surface area (Å²) in [4.78, 5) is 25.3. The summed E-state index contributed by atoms with van der Waals surface area (Å²) in [6, 6.07) is 4.85. The van der Waals surface area contributed by atoms with Gasteiger partial charge in [-0.2, -0.15) is 0 Å². The summed E-state index contributed by atoms with van der Waals surface area (Å²) in [7, 11) is 0. The number of anilines is 1. The van der Waals surface area contributed by atoms with E-state index in [1.807, 2.05) is 18.7 Å². The topological polar surface area (TPSA) is 75.4 Å². The molecule has 1 saturated heterocycles.